The van der Waals surface area contributed by atoms with Gasteiger partial charge in [0.15, 0.2) is 0 Å². The monoisotopic (exact) mass is 296 g/mol. The number of amides is 1. The molecule has 0 radical (unpaired) electrons. The van der Waals surface area contributed by atoms with Crippen molar-refractivity contribution in [2.45, 2.75) is 13.3 Å². The van der Waals surface area contributed by atoms with Crippen LogP contribution in [0.4, 0.5) is 0 Å². The van der Waals surface area contributed by atoms with Gasteiger partial charge in [-0.05, 0) is 36.6 Å². The van der Waals surface area contributed by atoms with Crippen LogP contribution in [-0.4, -0.2) is 19.0 Å². The highest BCUT2D eigenvalue weighted by Crippen LogP contribution is 2.19. The summed E-state index contributed by atoms with van der Waals surface area (Å²) >= 11 is 3.38. The second-order valence-electron chi connectivity index (χ2n) is 3.48. The first kappa shape index (κ1) is 13.5. The molecular formula is C11H13BrN4O. The third-order valence-electron chi connectivity index (χ3n) is 2.30. The summed E-state index contributed by atoms with van der Waals surface area (Å²) in [6.07, 6.45) is 0.642. The molecule has 1 aromatic carbocycles. The molecule has 5 nitrogen and oxygen atoms in total. The van der Waals surface area contributed by atoms with Crippen LogP contribution in [0.3, 0.4) is 0 Å². The molecule has 0 heterocycles. The minimum absolute atomic E-state index is 0.107. The molecule has 1 N–H and O–H groups in total. The number of hydrogen-bond acceptors (Lipinski definition) is 2. The van der Waals surface area contributed by atoms with Crippen LogP contribution in [0.25, 0.3) is 10.4 Å². The molecule has 0 saturated heterocycles. The molecule has 0 spiro atoms. The Kier molecular flexibility index (Phi) is 5.52. The van der Waals surface area contributed by atoms with Crippen LogP contribution in [-0.2, 0) is 0 Å². The van der Waals surface area contributed by atoms with Gasteiger partial charge in [0, 0.05) is 28.0 Å². The SMILES string of the molecule is Cc1c(Br)cccc1C(=O)NCCCN=[N+]=[N-]. The van der Waals surface area contributed by atoms with Gasteiger partial charge in [0.2, 0.25) is 0 Å². The lowest BCUT2D eigenvalue weighted by Gasteiger charge is -2.08. The van der Waals surface area contributed by atoms with Crippen LogP contribution in [0, 0.1) is 6.92 Å². The smallest absolute Gasteiger partial charge is 0.251 e. The van der Waals surface area contributed by atoms with E-state index in [4.69, 9.17) is 5.53 Å². The van der Waals surface area contributed by atoms with Crippen molar-refractivity contribution in [1.29, 1.82) is 0 Å². The van der Waals surface area contributed by atoms with E-state index in [1.165, 1.54) is 0 Å². The quantitative estimate of drug-likeness (QED) is 0.385. The minimum atomic E-state index is -0.107. The van der Waals surface area contributed by atoms with Gasteiger partial charge in [-0.1, -0.05) is 27.1 Å². The molecule has 0 bridgehead atoms. The Morgan fingerprint density at radius 1 is 1.59 bits per heavy atom. The molecule has 0 fully saturated rings. The zero-order chi connectivity index (χ0) is 12.7. The molecule has 1 rings (SSSR count). The number of carbonyl (C=O) groups is 1. The van der Waals surface area contributed by atoms with E-state index < -0.39 is 0 Å². The fourth-order valence-electron chi connectivity index (χ4n) is 1.35. The fourth-order valence-corrected chi connectivity index (χ4v) is 1.71. The second-order valence-corrected chi connectivity index (χ2v) is 4.33. The van der Waals surface area contributed by atoms with E-state index in [0.717, 1.165) is 10.0 Å². The van der Waals surface area contributed by atoms with Crippen molar-refractivity contribution in [3.05, 3.63) is 44.2 Å². The van der Waals surface area contributed by atoms with Crippen molar-refractivity contribution in [2.75, 3.05) is 13.1 Å². The van der Waals surface area contributed by atoms with E-state index in [-0.39, 0.29) is 5.91 Å². The molecule has 17 heavy (non-hydrogen) atoms. The maximum absolute atomic E-state index is 11.8. The third kappa shape index (κ3) is 4.09. The molecule has 0 aliphatic rings. The lowest BCUT2D eigenvalue weighted by Crippen LogP contribution is -2.25. The van der Waals surface area contributed by atoms with E-state index in [0.29, 0.717) is 25.1 Å². The Morgan fingerprint density at radius 3 is 3.06 bits per heavy atom. The summed E-state index contributed by atoms with van der Waals surface area (Å²) in [5, 5.41) is 6.18. The van der Waals surface area contributed by atoms with Crippen molar-refractivity contribution in [3.8, 4) is 0 Å². The number of azide groups is 1. The zero-order valence-electron chi connectivity index (χ0n) is 9.48. The van der Waals surface area contributed by atoms with Gasteiger partial charge in [0.05, 0.1) is 0 Å². The molecule has 1 amide bonds. The third-order valence-corrected chi connectivity index (χ3v) is 3.16. The average Bonchev–Trinajstić information content (AvgIpc) is 2.32. The Balaban J connectivity index is 2.52. The number of rotatable bonds is 5. The number of hydrogen-bond donors (Lipinski definition) is 1. The van der Waals surface area contributed by atoms with Crippen LogP contribution in [0.5, 0.6) is 0 Å². The maximum atomic E-state index is 11.8. The Hall–Kier alpha value is -1.52. The number of carbonyl (C=O) groups excluding carboxylic acids is 1. The molecule has 0 aromatic heterocycles. The summed E-state index contributed by atoms with van der Waals surface area (Å²) in [5.74, 6) is -0.107. The highest BCUT2D eigenvalue weighted by Gasteiger charge is 2.09. The summed E-state index contributed by atoms with van der Waals surface area (Å²) < 4.78 is 0.916. The van der Waals surface area contributed by atoms with Crippen LogP contribution in [0.1, 0.15) is 22.3 Å². The molecule has 90 valence electrons. The van der Waals surface area contributed by atoms with Crippen molar-refractivity contribution in [2.24, 2.45) is 5.11 Å². The number of nitrogens with one attached hydrogen (secondary N) is 1. The number of nitrogens with zero attached hydrogens (tertiary/aromatic N) is 3. The van der Waals surface area contributed by atoms with Crippen LogP contribution in [0.15, 0.2) is 27.8 Å². The standard InChI is InChI=1S/C11H13BrN4O/c1-8-9(4-2-5-10(8)12)11(17)14-6-3-7-15-16-13/h2,4-5H,3,6-7H2,1H3,(H,14,17). The first-order valence-corrected chi connectivity index (χ1v) is 6.00. The number of benzene rings is 1. The lowest BCUT2D eigenvalue weighted by atomic mass is 10.1. The Morgan fingerprint density at radius 2 is 2.35 bits per heavy atom. The van der Waals surface area contributed by atoms with E-state index in [1.807, 2.05) is 19.1 Å². The van der Waals surface area contributed by atoms with E-state index in [2.05, 4.69) is 31.3 Å². The summed E-state index contributed by atoms with van der Waals surface area (Å²) in [7, 11) is 0. The largest absolute Gasteiger partial charge is 0.352 e. The maximum Gasteiger partial charge on any atom is 0.251 e. The molecule has 1 aromatic rings. The topological polar surface area (TPSA) is 77.9 Å². The van der Waals surface area contributed by atoms with E-state index in [1.54, 1.807) is 6.07 Å². The summed E-state index contributed by atoms with van der Waals surface area (Å²) in [4.78, 5) is 14.5. The molecule has 0 aliphatic heterocycles. The summed E-state index contributed by atoms with van der Waals surface area (Å²) in [6, 6.07) is 5.50. The summed E-state index contributed by atoms with van der Waals surface area (Å²) in [6.45, 7) is 2.79. The normalized spacial score (nSPS) is 9.53. The first-order valence-electron chi connectivity index (χ1n) is 5.21. The van der Waals surface area contributed by atoms with Crippen LogP contribution in [0.2, 0.25) is 0 Å². The van der Waals surface area contributed by atoms with Gasteiger partial charge in [-0.2, -0.15) is 0 Å². The highest BCUT2D eigenvalue weighted by molar-refractivity contribution is 9.10. The minimum Gasteiger partial charge on any atom is -0.352 e. The van der Waals surface area contributed by atoms with Crippen LogP contribution < -0.4 is 5.32 Å². The van der Waals surface area contributed by atoms with Gasteiger partial charge in [0.1, 0.15) is 0 Å². The second kappa shape index (κ2) is 6.93. The molecule has 0 saturated carbocycles. The Bertz CT molecular complexity index is 455. The molecule has 0 aliphatic carbocycles. The van der Waals surface area contributed by atoms with Gasteiger partial charge in [0.25, 0.3) is 5.91 Å². The highest BCUT2D eigenvalue weighted by atomic mass is 79.9. The predicted octanol–water partition coefficient (Wildman–Crippen LogP) is 3.19. The van der Waals surface area contributed by atoms with Gasteiger partial charge in [-0.15, -0.1) is 0 Å². The fraction of sp³-hybridized carbons (Fsp3) is 0.364. The Labute approximate surface area is 108 Å². The van der Waals surface area contributed by atoms with Gasteiger partial charge in [-0.3, -0.25) is 4.79 Å². The molecule has 0 unspecified atom stereocenters. The van der Waals surface area contributed by atoms with Crippen molar-refractivity contribution < 1.29 is 4.79 Å². The zero-order valence-corrected chi connectivity index (χ0v) is 11.1. The first-order chi connectivity index (χ1) is 8.16. The summed E-state index contributed by atoms with van der Waals surface area (Å²) in [5.41, 5.74) is 9.66. The van der Waals surface area contributed by atoms with E-state index in [9.17, 15) is 4.79 Å². The molecule has 0 atom stereocenters. The van der Waals surface area contributed by atoms with E-state index >= 15 is 0 Å². The molecular weight excluding hydrogens is 284 g/mol. The average molecular weight is 297 g/mol. The van der Waals surface area contributed by atoms with Gasteiger partial charge < -0.3 is 5.32 Å². The lowest BCUT2D eigenvalue weighted by molar-refractivity contribution is 0.0953. The van der Waals surface area contributed by atoms with Crippen molar-refractivity contribution >= 4 is 21.8 Å². The predicted molar refractivity (Wildman–Crippen MR) is 69.8 cm³/mol. The van der Waals surface area contributed by atoms with Crippen molar-refractivity contribution in [1.82, 2.24) is 5.32 Å². The van der Waals surface area contributed by atoms with Gasteiger partial charge in [-0.25, -0.2) is 0 Å². The van der Waals surface area contributed by atoms with Crippen molar-refractivity contribution in [3.63, 3.8) is 0 Å². The van der Waals surface area contributed by atoms with Gasteiger partial charge >= 0.3 is 0 Å². The molecule has 6 heteroatoms. The van der Waals surface area contributed by atoms with Crippen LogP contribution >= 0.6 is 15.9 Å². The number of halogens is 1.